The average Bonchev–Trinajstić information content (AvgIpc) is 3.12. The highest BCUT2D eigenvalue weighted by Crippen LogP contribution is 2.90. The molecule has 4 aliphatic carbocycles. The molecule has 6 nitrogen and oxygen atoms in total. The van der Waals surface area contributed by atoms with Crippen LogP contribution in [0.5, 0.6) is 0 Å². The van der Waals surface area contributed by atoms with Crippen molar-refractivity contribution < 1.29 is 205 Å². The van der Waals surface area contributed by atoms with Gasteiger partial charge < -0.3 is 0 Å². The largest absolute Gasteiger partial charge is 0.460 e. The third kappa shape index (κ3) is 5.51. The van der Waals surface area contributed by atoms with Crippen molar-refractivity contribution >= 4 is 0 Å². The van der Waals surface area contributed by atoms with Crippen LogP contribution in [-0.4, -0.2) is 135 Å². The van der Waals surface area contributed by atoms with Crippen molar-refractivity contribution in [1.29, 1.82) is 0 Å². The van der Waals surface area contributed by atoms with E-state index in [9.17, 15) is 97.0 Å². The summed E-state index contributed by atoms with van der Waals surface area (Å²) in [6, 6.07) is 0. The highest BCUT2D eigenvalue weighted by molar-refractivity contribution is 5.55. The lowest BCUT2D eigenvalue weighted by atomic mass is 9.38. The number of ether oxygens (including phenoxy) is 3. The first kappa shape index (κ1) is 60.2. The molecule has 4 saturated carbocycles. The van der Waals surface area contributed by atoms with E-state index in [4.69, 9.17) is 0 Å². The topological polar surface area (TPSA) is 49.4 Å². The monoisotopic (exact) mass is 1140 g/mol. The van der Waals surface area contributed by atoms with Gasteiger partial charge in [0.05, 0.1) is 5.34 Å². The Morgan fingerprint density at radius 3 is 0.667 bits per heavy atom. The molecule has 47 heteroatoms. The molecule has 0 amide bonds. The van der Waals surface area contributed by atoms with Gasteiger partial charge in [-0.05, 0) is 9.05 Å². The van der Waals surface area contributed by atoms with Gasteiger partial charge in [0.25, 0.3) is 16.8 Å². The predicted octanol–water partition coefficient (Wildman–Crippen LogP) is 12.1. The van der Waals surface area contributed by atoms with Crippen molar-refractivity contribution in [2.45, 2.75) is 130 Å². The number of halogens is 41. The van der Waals surface area contributed by atoms with Gasteiger partial charge in [-0.2, -0.15) is 154 Å². The number of rotatable bonds is 15. The van der Waals surface area contributed by atoms with Crippen molar-refractivity contribution in [3.8, 4) is 0 Å². The Morgan fingerprint density at radius 2 is 0.493 bits per heavy atom. The van der Waals surface area contributed by atoms with E-state index >= 15 is 83.4 Å². The van der Waals surface area contributed by atoms with E-state index < -0.39 is 135 Å². The fraction of sp³-hybridized carbons (Fsp3) is 1.00. The summed E-state index contributed by atoms with van der Waals surface area (Å²) in [5.74, 6) is -120. The van der Waals surface area contributed by atoms with Crippen molar-refractivity contribution in [2.75, 3.05) is 0 Å². The zero-order chi connectivity index (χ0) is 56.1. The van der Waals surface area contributed by atoms with Crippen LogP contribution in [0.3, 0.4) is 0 Å². The minimum Gasteiger partial charge on any atom is -0.290 e. The first-order valence-corrected chi connectivity index (χ1v) is 14.7. The number of nitrogens with zero attached hydrogens (tertiary/aromatic N) is 1. The number of alkyl halides is 37. The predicted molar refractivity (Wildman–Crippen MR) is 113 cm³/mol. The number of hydrogen-bond acceptors (Lipinski definition) is 6. The third-order valence-electron chi connectivity index (χ3n) is 9.99. The zero-order valence-corrected chi connectivity index (χ0v) is 29.0. The summed E-state index contributed by atoms with van der Waals surface area (Å²) >= 11 is 0. The molecule has 5 atom stereocenters. The molecule has 0 saturated heterocycles. The van der Waals surface area contributed by atoms with Crippen LogP contribution in [0.25, 0.3) is 0 Å². The molecule has 0 aromatic heterocycles. The van der Waals surface area contributed by atoms with E-state index in [2.05, 4.69) is 0 Å². The van der Waals surface area contributed by atoms with Gasteiger partial charge in [0.15, 0.2) is 0 Å². The van der Waals surface area contributed by atoms with E-state index in [1.165, 1.54) is 0 Å². The summed E-state index contributed by atoms with van der Waals surface area (Å²) in [5.41, 5.74) is -42.4. The summed E-state index contributed by atoms with van der Waals surface area (Å²) < 4.78 is 598. The van der Waals surface area contributed by atoms with Gasteiger partial charge in [-0.15, -0.1) is 9.88 Å². The normalized spacial score (nSPS) is 33.0. The SMILES string of the molecule is FOC(F)(C(F)(F)OC12C(F)(F)C3(F)C(F)(F)C(OC(F)(F)C(F)(OF)C(F)(F)C(F)(F)F)(C1(F)F)C(F)(F)C(OC(F)(F)C(F)(N(F)F)C(F)(F)C(F)(F)F)(C3(F)F)C2(F)F)C(F)(F)C(F)(F)F. The van der Waals surface area contributed by atoms with Gasteiger partial charge in [-0.25, -0.2) is 8.78 Å². The van der Waals surface area contributed by atoms with Gasteiger partial charge in [0.1, 0.15) is 0 Å². The maximum absolute atomic E-state index is 16.4. The lowest BCUT2D eigenvalue weighted by Gasteiger charge is -2.77. The second-order valence-corrected chi connectivity index (χ2v) is 13.4. The average molecular weight is 1140 g/mol. The van der Waals surface area contributed by atoms with Gasteiger partial charge in [-0.3, -0.25) is 14.2 Å². The minimum atomic E-state index is -10.7. The molecule has 4 aliphatic rings. The fourth-order valence-electron chi connectivity index (χ4n) is 6.68. The summed E-state index contributed by atoms with van der Waals surface area (Å²) in [4.78, 5) is 1.06. The van der Waals surface area contributed by atoms with Crippen LogP contribution in [0.2, 0.25) is 0 Å². The van der Waals surface area contributed by atoms with Crippen molar-refractivity contribution in [1.82, 2.24) is 5.34 Å². The summed E-state index contributed by atoms with van der Waals surface area (Å²) in [5, 5.41) is -5.50. The molecule has 4 fully saturated rings. The maximum atomic E-state index is 16.4. The van der Waals surface area contributed by atoms with Crippen molar-refractivity contribution in [3.05, 3.63) is 0 Å². The highest BCUT2D eigenvalue weighted by atomic mass is 19.5. The molecule has 0 N–H and O–H groups in total. The molecule has 5 unspecified atom stereocenters. The lowest BCUT2D eigenvalue weighted by Crippen LogP contribution is -3.12. The molecule has 0 radical (unpaired) electrons. The summed E-state index contributed by atoms with van der Waals surface area (Å²) in [6.07, 6.45) is -56.5. The number of hydrogen-bond donors (Lipinski definition) is 0. The van der Waals surface area contributed by atoms with E-state index in [1.54, 1.807) is 0 Å². The molecule has 0 aliphatic heterocycles. The van der Waals surface area contributed by atoms with Crippen molar-refractivity contribution in [2.24, 2.45) is 0 Å². The van der Waals surface area contributed by atoms with Gasteiger partial charge in [-0.1, -0.05) is 8.96 Å². The first-order chi connectivity index (χ1) is 29.4. The zero-order valence-electron chi connectivity index (χ0n) is 29.0. The van der Waals surface area contributed by atoms with Gasteiger partial charge in [0, 0.05) is 0 Å². The van der Waals surface area contributed by atoms with Crippen LogP contribution in [-0.2, 0) is 24.1 Å². The quantitative estimate of drug-likeness (QED) is 0.0925. The second-order valence-electron chi connectivity index (χ2n) is 13.4. The first-order valence-electron chi connectivity index (χ1n) is 14.7. The molecule has 69 heavy (non-hydrogen) atoms. The maximum Gasteiger partial charge on any atom is 0.460 e. The smallest absolute Gasteiger partial charge is 0.290 e. The van der Waals surface area contributed by atoms with E-state index in [0.29, 0.717) is 9.88 Å². The second kappa shape index (κ2) is 14.1. The summed E-state index contributed by atoms with van der Waals surface area (Å²) in [6.45, 7) is 0. The van der Waals surface area contributed by atoms with Crippen LogP contribution < -0.4 is 0 Å². The Morgan fingerprint density at radius 1 is 0.290 bits per heavy atom. The lowest BCUT2D eigenvalue weighted by molar-refractivity contribution is -0.681. The molecule has 410 valence electrons. The summed E-state index contributed by atoms with van der Waals surface area (Å²) in [7, 11) is 0. The highest BCUT2D eigenvalue weighted by Gasteiger charge is 3.24. The molecule has 0 aromatic carbocycles. The molecule has 0 heterocycles. The van der Waals surface area contributed by atoms with Crippen LogP contribution in [0.1, 0.15) is 0 Å². The Bertz CT molecular complexity index is 1910. The van der Waals surface area contributed by atoms with Crippen LogP contribution in [0.4, 0.5) is 180 Å². The van der Waals surface area contributed by atoms with E-state index in [-0.39, 0.29) is 0 Å². The molecule has 4 bridgehead atoms. The van der Waals surface area contributed by atoms with Gasteiger partial charge >= 0.3 is 113 Å². The van der Waals surface area contributed by atoms with Crippen LogP contribution in [0, 0.1) is 0 Å². The Balaban J connectivity index is 3.02. The van der Waals surface area contributed by atoms with E-state index in [0.717, 1.165) is 14.2 Å². The molecule has 0 spiro atoms. The molecular formula is C22F41NO5. The van der Waals surface area contributed by atoms with Crippen LogP contribution in [0.15, 0.2) is 0 Å². The standard InChI is InChI=1S/C22F41NO5/c23-1-5(24,25)2(65-20(54,55)14(42,64(60)61)11(36,37)17(45,46)47)8(30,31)3(6(1,26)27,66-21(56,57)15(43,68-62)12(38,39)18(48,49)50)10(34,35)4(7(1,28)29,9(2,32)33)67-22(58,59)16(44,69-63)13(40,41)19(51,52)53. The Labute approximate surface area is 341 Å². The minimum absolute atomic E-state index is 0.528. The Hall–Kier alpha value is -3.11. The molecule has 0 aromatic rings. The third-order valence-corrected chi connectivity index (χ3v) is 9.99. The Kier molecular flexibility index (Phi) is 12.3. The van der Waals surface area contributed by atoms with Crippen LogP contribution >= 0.6 is 0 Å². The van der Waals surface area contributed by atoms with E-state index in [1.807, 2.05) is 0 Å². The van der Waals surface area contributed by atoms with Gasteiger partial charge in [0.2, 0.25) is 0 Å². The molecular weight excluding hydrogens is 1140 g/mol. The van der Waals surface area contributed by atoms with Crippen molar-refractivity contribution in [3.63, 3.8) is 0 Å². The fourth-order valence-corrected chi connectivity index (χ4v) is 6.68. The molecule has 4 rings (SSSR count).